The van der Waals surface area contributed by atoms with E-state index in [9.17, 15) is 19.2 Å². The van der Waals surface area contributed by atoms with Crippen LogP contribution in [0.4, 0.5) is 0 Å². The molecule has 0 unspecified atom stereocenters. The molecule has 0 bridgehead atoms. The summed E-state index contributed by atoms with van der Waals surface area (Å²) in [5.74, 6) is -2.33. The second kappa shape index (κ2) is 16.2. The highest BCUT2D eigenvalue weighted by atomic mass is 16.5. The number of ether oxygens (including phenoxy) is 3. The van der Waals surface area contributed by atoms with Crippen LogP contribution in [-0.2, 0) is 40.0 Å². The molecule has 2 N–H and O–H groups in total. The van der Waals surface area contributed by atoms with Crippen molar-refractivity contribution in [3.05, 3.63) is 35.9 Å². The third-order valence-electron chi connectivity index (χ3n) is 7.02. The van der Waals surface area contributed by atoms with Crippen LogP contribution in [0, 0.1) is 5.92 Å². The average Bonchev–Trinajstić information content (AvgIpc) is 2.95. The van der Waals surface area contributed by atoms with Gasteiger partial charge in [-0.3, -0.25) is 24.1 Å². The molecule has 10 nitrogen and oxygen atoms in total. The van der Waals surface area contributed by atoms with E-state index < -0.39 is 36.3 Å². The SMILES string of the molecule is CCOC(=O)CNC(=O)C(=O)[C@H](COCc1ccccc1)NC(=O)[C@H](CC1CCCCC1)N1CCOCC1. The Morgan fingerprint density at radius 1 is 1.05 bits per heavy atom. The molecule has 1 saturated heterocycles. The molecule has 0 spiro atoms. The Morgan fingerprint density at radius 2 is 1.76 bits per heavy atom. The van der Waals surface area contributed by atoms with E-state index >= 15 is 0 Å². The Hall–Kier alpha value is -2.82. The van der Waals surface area contributed by atoms with Crippen molar-refractivity contribution in [3.63, 3.8) is 0 Å². The molecule has 38 heavy (non-hydrogen) atoms. The van der Waals surface area contributed by atoms with Gasteiger partial charge in [0.1, 0.15) is 12.6 Å². The molecule has 1 aliphatic carbocycles. The van der Waals surface area contributed by atoms with Crippen LogP contribution in [0.2, 0.25) is 0 Å². The normalized spacial score (nSPS) is 18.2. The van der Waals surface area contributed by atoms with E-state index in [1.165, 1.54) is 6.42 Å². The average molecular weight is 532 g/mol. The number of rotatable bonds is 14. The zero-order valence-corrected chi connectivity index (χ0v) is 22.3. The molecule has 210 valence electrons. The third-order valence-corrected chi connectivity index (χ3v) is 7.02. The van der Waals surface area contributed by atoms with Crippen molar-refractivity contribution in [3.8, 4) is 0 Å². The van der Waals surface area contributed by atoms with Gasteiger partial charge < -0.3 is 24.8 Å². The van der Waals surface area contributed by atoms with Gasteiger partial charge in [-0.25, -0.2) is 0 Å². The molecule has 10 heteroatoms. The molecular weight excluding hydrogens is 490 g/mol. The second-order valence-corrected chi connectivity index (χ2v) is 9.82. The Labute approximate surface area is 224 Å². The van der Waals surface area contributed by atoms with Crippen molar-refractivity contribution in [2.24, 2.45) is 5.92 Å². The quantitative estimate of drug-likeness (QED) is 0.274. The summed E-state index contributed by atoms with van der Waals surface area (Å²) >= 11 is 0. The summed E-state index contributed by atoms with van der Waals surface area (Å²) in [5.41, 5.74) is 0.903. The number of esters is 1. The second-order valence-electron chi connectivity index (χ2n) is 9.82. The van der Waals surface area contributed by atoms with Crippen LogP contribution in [0.5, 0.6) is 0 Å². The van der Waals surface area contributed by atoms with Crippen LogP contribution in [0.1, 0.15) is 51.0 Å². The van der Waals surface area contributed by atoms with Crippen molar-refractivity contribution in [2.75, 3.05) is 46.1 Å². The minimum absolute atomic E-state index is 0.165. The van der Waals surface area contributed by atoms with Crippen LogP contribution >= 0.6 is 0 Å². The van der Waals surface area contributed by atoms with Gasteiger partial charge in [0.2, 0.25) is 11.7 Å². The minimum Gasteiger partial charge on any atom is -0.465 e. The number of ketones is 1. The predicted octanol–water partition coefficient (Wildman–Crippen LogP) is 1.61. The number of morpholine rings is 1. The number of benzene rings is 1. The minimum atomic E-state index is -1.19. The van der Waals surface area contributed by atoms with E-state index in [4.69, 9.17) is 14.2 Å². The lowest BCUT2D eigenvalue weighted by Gasteiger charge is -2.36. The van der Waals surface area contributed by atoms with Crippen LogP contribution < -0.4 is 10.6 Å². The third kappa shape index (κ3) is 9.81. The van der Waals surface area contributed by atoms with E-state index in [0.29, 0.717) is 38.6 Å². The van der Waals surface area contributed by atoms with E-state index in [-0.39, 0.29) is 25.7 Å². The molecule has 0 aromatic heterocycles. The first-order chi connectivity index (χ1) is 18.5. The van der Waals surface area contributed by atoms with Crippen molar-refractivity contribution in [1.29, 1.82) is 0 Å². The van der Waals surface area contributed by atoms with Crippen LogP contribution in [-0.4, -0.2) is 86.6 Å². The molecular formula is C28H41N3O7. The summed E-state index contributed by atoms with van der Waals surface area (Å²) in [4.78, 5) is 53.1. The van der Waals surface area contributed by atoms with Crippen LogP contribution in [0.3, 0.4) is 0 Å². The van der Waals surface area contributed by atoms with Crippen LogP contribution in [0.15, 0.2) is 30.3 Å². The molecule has 1 aromatic rings. The first kappa shape index (κ1) is 29.7. The first-order valence-corrected chi connectivity index (χ1v) is 13.7. The standard InChI is InChI=1S/C28H41N3O7/c1-2-38-25(32)18-29-28(35)26(33)23(20-37-19-22-11-7-4-8-12-22)30-27(34)24(31-13-15-36-16-14-31)17-21-9-5-3-6-10-21/h4,7-8,11-12,21,23-24H,2-3,5-6,9-10,13-20H2,1H3,(H,29,35)(H,30,34)/t23-,24-/m0/s1. The highest BCUT2D eigenvalue weighted by molar-refractivity contribution is 6.38. The molecule has 1 aliphatic heterocycles. The van der Waals surface area contributed by atoms with E-state index in [1.807, 2.05) is 30.3 Å². The number of nitrogens with zero attached hydrogens (tertiary/aromatic N) is 1. The zero-order chi connectivity index (χ0) is 27.2. The lowest BCUT2D eigenvalue weighted by atomic mass is 9.84. The molecule has 1 saturated carbocycles. The molecule has 2 amide bonds. The van der Waals surface area contributed by atoms with E-state index in [2.05, 4.69) is 15.5 Å². The molecule has 2 fully saturated rings. The van der Waals surface area contributed by atoms with Gasteiger partial charge in [-0.2, -0.15) is 0 Å². The first-order valence-electron chi connectivity index (χ1n) is 13.7. The maximum Gasteiger partial charge on any atom is 0.325 e. The zero-order valence-electron chi connectivity index (χ0n) is 22.3. The fourth-order valence-corrected chi connectivity index (χ4v) is 4.98. The Bertz CT molecular complexity index is 899. The summed E-state index contributed by atoms with van der Waals surface area (Å²) in [6.45, 7) is 3.80. The molecule has 1 heterocycles. The number of Topliss-reactive ketones (excluding diaryl/α,β-unsaturated/α-hetero) is 1. The van der Waals surface area contributed by atoms with Crippen molar-refractivity contribution >= 4 is 23.6 Å². The van der Waals surface area contributed by atoms with Gasteiger partial charge in [-0.1, -0.05) is 62.4 Å². The van der Waals surface area contributed by atoms with Crippen molar-refractivity contribution < 1.29 is 33.4 Å². The lowest BCUT2D eigenvalue weighted by molar-refractivity contribution is -0.146. The molecule has 1 aromatic carbocycles. The number of hydrogen-bond donors (Lipinski definition) is 2. The van der Waals surface area contributed by atoms with Gasteiger partial charge in [0, 0.05) is 13.1 Å². The largest absolute Gasteiger partial charge is 0.465 e. The molecule has 2 aliphatic rings. The summed E-state index contributed by atoms with van der Waals surface area (Å²) < 4.78 is 16.1. The maximum absolute atomic E-state index is 13.6. The fraction of sp³-hybridized carbons (Fsp3) is 0.643. The Balaban J connectivity index is 1.68. The monoisotopic (exact) mass is 531 g/mol. The maximum atomic E-state index is 13.6. The topological polar surface area (TPSA) is 123 Å². The highest BCUT2D eigenvalue weighted by Gasteiger charge is 2.34. The molecule has 0 radical (unpaired) electrons. The summed E-state index contributed by atoms with van der Waals surface area (Å²) in [6.07, 6.45) is 6.43. The Morgan fingerprint density at radius 3 is 2.45 bits per heavy atom. The lowest BCUT2D eigenvalue weighted by Crippen LogP contribution is -2.57. The number of amides is 2. The molecule has 2 atom stereocenters. The van der Waals surface area contributed by atoms with Gasteiger partial charge in [0.15, 0.2) is 0 Å². The number of hydrogen-bond acceptors (Lipinski definition) is 8. The van der Waals surface area contributed by atoms with Gasteiger partial charge in [-0.05, 0) is 24.8 Å². The summed E-state index contributed by atoms with van der Waals surface area (Å²) in [5, 5.41) is 5.10. The van der Waals surface area contributed by atoms with Gasteiger partial charge in [0.05, 0.1) is 39.1 Å². The Kier molecular flexibility index (Phi) is 12.7. The van der Waals surface area contributed by atoms with Gasteiger partial charge in [0.25, 0.3) is 5.91 Å². The summed E-state index contributed by atoms with van der Waals surface area (Å²) in [7, 11) is 0. The number of nitrogens with one attached hydrogen (secondary N) is 2. The highest BCUT2D eigenvalue weighted by Crippen LogP contribution is 2.29. The van der Waals surface area contributed by atoms with Crippen LogP contribution in [0.25, 0.3) is 0 Å². The predicted molar refractivity (Wildman–Crippen MR) is 140 cm³/mol. The molecule has 3 rings (SSSR count). The number of carbonyl (C=O) groups excluding carboxylic acids is 4. The van der Waals surface area contributed by atoms with Crippen molar-refractivity contribution in [2.45, 2.75) is 64.1 Å². The van der Waals surface area contributed by atoms with Gasteiger partial charge in [-0.15, -0.1) is 0 Å². The smallest absolute Gasteiger partial charge is 0.325 e. The summed E-state index contributed by atoms with van der Waals surface area (Å²) in [6, 6.07) is 7.81. The fourth-order valence-electron chi connectivity index (χ4n) is 4.98. The van der Waals surface area contributed by atoms with Crippen molar-refractivity contribution in [1.82, 2.24) is 15.5 Å². The number of carbonyl (C=O) groups is 4. The van der Waals surface area contributed by atoms with E-state index in [0.717, 1.165) is 31.2 Å². The van der Waals surface area contributed by atoms with E-state index in [1.54, 1.807) is 6.92 Å². The van der Waals surface area contributed by atoms with Gasteiger partial charge >= 0.3 is 5.97 Å².